The van der Waals surface area contributed by atoms with Crippen LogP contribution in [0.1, 0.15) is 24.5 Å². The quantitative estimate of drug-likeness (QED) is 0.786. The minimum Gasteiger partial charge on any atom is -0.497 e. The Morgan fingerprint density at radius 1 is 1.53 bits per heavy atom. The molecule has 2 rings (SSSR count). The van der Waals surface area contributed by atoms with Gasteiger partial charge in [-0.15, -0.1) is 0 Å². The summed E-state index contributed by atoms with van der Waals surface area (Å²) in [4.78, 5) is 0. The average molecular weight is 207 g/mol. The smallest absolute Gasteiger partial charge is 0.119 e. The summed E-state index contributed by atoms with van der Waals surface area (Å²) in [5, 5.41) is 10.2. The van der Waals surface area contributed by atoms with Gasteiger partial charge in [0.15, 0.2) is 0 Å². The Bertz CT molecular complexity index is 347. The van der Waals surface area contributed by atoms with E-state index in [1.165, 1.54) is 0 Å². The van der Waals surface area contributed by atoms with Crippen LogP contribution in [-0.4, -0.2) is 18.8 Å². The minimum absolute atomic E-state index is 0.0770. The second-order valence-electron chi connectivity index (χ2n) is 4.25. The van der Waals surface area contributed by atoms with E-state index in [0.717, 1.165) is 24.2 Å². The summed E-state index contributed by atoms with van der Waals surface area (Å²) in [6.07, 6.45) is 1.57. The number of hydrogen-bond acceptors (Lipinski definition) is 3. The Kier molecular flexibility index (Phi) is 2.67. The predicted octanol–water partition coefficient (Wildman–Crippen LogP) is 1.47. The van der Waals surface area contributed by atoms with Crippen LogP contribution in [0, 0.1) is 5.41 Å². The van der Waals surface area contributed by atoms with Gasteiger partial charge < -0.3 is 15.6 Å². The highest BCUT2D eigenvalue weighted by atomic mass is 16.5. The standard InChI is InChI=1S/C12H17NO2/c1-15-10-4-2-3-9(7-10)11(14)12(8-13)5-6-12/h2-4,7,11,14H,5-6,8,13H2,1H3. The molecule has 0 radical (unpaired) electrons. The summed E-state index contributed by atoms with van der Waals surface area (Å²) in [7, 11) is 1.63. The molecule has 1 fully saturated rings. The molecular weight excluding hydrogens is 190 g/mol. The van der Waals surface area contributed by atoms with Crippen LogP contribution in [0.4, 0.5) is 0 Å². The highest BCUT2D eigenvalue weighted by molar-refractivity contribution is 5.31. The first kappa shape index (κ1) is 10.5. The Morgan fingerprint density at radius 2 is 2.27 bits per heavy atom. The van der Waals surface area contributed by atoms with Gasteiger partial charge in [0.1, 0.15) is 5.75 Å². The molecule has 0 amide bonds. The third-order valence-electron chi connectivity index (χ3n) is 3.29. The maximum absolute atomic E-state index is 10.2. The van der Waals surface area contributed by atoms with E-state index in [2.05, 4.69) is 0 Å². The first-order valence-electron chi connectivity index (χ1n) is 5.24. The summed E-state index contributed by atoms with van der Waals surface area (Å²) in [6.45, 7) is 0.547. The van der Waals surface area contributed by atoms with Gasteiger partial charge in [0, 0.05) is 12.0 Å². The van der Waals surface area contributed by atoms with E-state index < -0.39 is 6.10 Å². The monoisotopic (exact) mass is 207 g/mol. The SMILES string of the molecule is COc1cccc(C(O)C2(CN)CC2)c1. The molecule has 1 atom stereocenters. The Morgan fingerprint density at radius 3 is 2.80 bits per heavy atom. The molecule has 3 nitrogen and oxygen atoms in total. The molecule has 0 aromatic heterocycles. The molecule has 3 N–H and O–H groups in total. The fourth-order valence-electron chi connectivity index (χ4n) is 1.91. The van der Waals surface area contributed by atoms with Gasteiger partial charge in [-0.25, -0.2) is 0 Å². The van der Waals surface area contributed by atoms with E-state index >= 15 is 0 Å². The van der Waals surface area contributed by atoms with Gasteiger partial charge in [0.25, 0.3) is 0 Å². The zero-order chi connectivity index (χ0) is 10.9. The molecule has 1 aromatic rings. The number of rotatable bonds is 4. The lowest BCUT2D eigenvalue weighted by atomic mass is 9.93. The van der Waals surface area contributed by atoms with E-state index in [0.29, 0.717) is 6.54 Å². The van der Waals surface area contributed by atoms with Crippen molar-refractivity contribution >= 4 is 0 Å². The van der Waals surface area contributed by atoms with Gasteiger partial charge in [0.05, 0.1) is 13.2 Å². The zero-order valence-corrected chi connectivity index (χ0v) is 8.94. The molecule has 1 aromatic carbocycles. The van der Waals surface area contributed by atoms with Crippen molar-refractivity contribution in [3.05, 3.63) is 29.8 Å². The molecule has 1 unspecified atom stereocenters. The van der Waals surface area contributed by atoms with Crippen LogP contribution in [-0.2, 0) is 0 Å². The van der Waals surface area contributed by atoms with E-state index in [4.69, 9.17) is 10.5 Å². The number of ether oxygens (including phenoxy) is 1. The fourth-order valence-corrected chi connectivity index (χ4v) is 1.91. The molecule has 0 heterocycles. The Labute approximate surface area is 89.9 Å². The van der Waals surface area contributed by atoms with Gasteiger partial charge in [0.2, 0.25) is 0 Å². The minimum atomic E-state index is -0.461. The van der Waals surface area contributed by atoms with Crippen molar-refractivity contribution in [2.24, 2.45) is 11.1 Å². The Balaban J connectivity index is 2.21. The third kappa shape index (κ3) is 1.85. The molecule has 1 saturated carbocycles. The molecule has 1 aliphatic rings. The van der Waals surface area contributed by atoms with E-state index in [1.54, 1.807) is 7.11 Å². The van der Waals surface area contributed by atoms with E-state index in [1.807, 2.05) is 24.3 Å². The van der Waals surface area contributed by atoms with Gasteiger partial charge in [-0.3, -0.25) is 0 Å². The molecular formula is C12H17NO2. The molecule has 0 spiro atoms. The molecule has 1 aliphatic carbocycles. The average Bonchev–Trinajstić information content (AvgIpc) is 3.09. The lowest BCUT2D eigenvalue weighted by Crippen LogP contribution is -2.23. The first-order chi connectivity index (χ1) is 7.22. The topological polar surface area (TPSA) is 55.5 Å². The number of benzene rings is 1. The van der Waals surface area contributed by atoms with Crippen molar-refractivity contribution in [2.45, 2.75) is 18.9 Å². The van der Waals surface area contributed by atoms with Crippen molar-refractivity contribution in [2.75, 3.05) is 13.7 Å². The first-order valence-corrected chi connectivity index (χ1v) is 5.24. The summed E-state index contributed by atoms with van der Waals surface area (Å²) in [5.41, 5.74) is 6.51. The number of aliphatic hydroxyl groups is 1. The van der Waals surface area contributed by atoms with E-state index in [-0.39, 0.29) is 5.41 Å². The number of aliphatic hydroxyl groups excluding tert-OH is 1. The second kappa shape index (κ2) is 3.83. The van der Waals surface area contributed by atoms with E-state index in [9.17, 15) is 5.11 Å². The number of nitrogens with two attached hydrogens (primary N) is 1. The van der Waals surface area contributed by atoms with Gasteiger partial charge in [-0.1, -0.05) is 12.1 Å². The van der Waals surface area contributed by atoms with Crippen molar-refractivity contribution in [3.63, 3.8) is 0 Å². The molecule has 0 aliphatic heterocycles. The maximum atomic E-state index is 10.2. The van der Waals surface area contributed by atoms with Crippen LogP contribution in [0.25, 0.3) is 0 Å². The predicted molar refractivity (Wildman–Crippen MR) is 58.7 cm³/mol. The van der Waals surface area contributed by atoms with Gasteiger partial charge in [-0.2, -0.15) is 0 Å². The normalized spacial score (nSPS) is 19.7. The van der Waals surface area contributed by atoms with Crippen molar-refractivity contribution in [1.82, 2.24) is 0 Å². The molecule has 82 valence electrons. The number of methoxy groups -OCH3 is 1. The fraction of sp³-hybridized carbons (Fsp3) is 0.500. The van der Waals surface area contributed by atoms with Crippen LogP contribution in [0.3, 0.4) is 0 Å². The summed E-state index contributed by atoms with van der Waals surface area (Å²) >= 11 is 0. The molecule has 0 bridgehead atoms. The van der Waals surface area contributed by atoms with Crippen LogP contribution in [0.5, 0.6) is 5.75 Å². The summed E-state index contributed by atoms with van der Waals surface area (Å²) in [5.74, 6) is 0.777. The number of hydrogen-bond donors (Lipinski definition) is 2. The zero-order valence-electron chi connectivity index (χ0n) is 8.94. The Hall–Kier alpha value is -1.06. The molecule has 0 saturated heterocycles. The van der Waals surface area contributed by atoms with Crippen LogP contribution in [0.2, 0.25) is 0 Å². The largest absolute Gasteiger partial charge is 0.497 e. The lowest BCUT2D eigenvalue weighted by molar-refractivity contribution is 0.0973. The van der Waals surface area contributed by atoms with Gasteiger partial charge in [-0.05, 0) is 30.5 Å². The summed E-state index contributed by atoms with van der Waals surface area (Å²) in [6, 6.07) is 7.56. The van der Waals surface area contributed by atoms with Crippen molar-refractivity contribution in [1.29, 1.82) is 0 Å². The molecule has 3 heteroatoms. The van der Waals surface area contributed by atoms with Crippen LogP contribution < -0.4 is 10.5 Å². The van der Waals surface area contributed by atoms with Crippen LogP contribution in [0.15, 0.2) is 24.3 Å². The highest BCUT2D eigenvalue weighted by Gasteiger charge is 2.48. The lowest BCUT2D eigenvalue weighted by Gasteiger charge is -2.21. The second-order valence-corrected chi connectivity index (χ2v) is 4.25. The molecule has 15 heavy (non-hydrogen) atoms. The maximum Gasteiger partial charge on any atom is 0.119 e. The summed E-state index contributed by atoms with van der Waals surface area (Å²) < 4.78 is 5.13. The highest BCUT2D eigenvalue weighted by Crippen LogP contribution is 2.54. The third-order valence-corrected chi connectivity index (χ3v) is 3.29. The van der Waals surface area contributed by atoms with Crippen molar-refractivity contribution in [3.8, 4) is 5.75 Å². The van der Waals surface area contributed by atoms with Crippen LogP contribution >= 0.6 is 0 Å². The van der Waals surface area contributed by atoms with Gasteiger partial charge >= 0.3 is 0 Å². The van der Waals surface area contributed by atoms with Crippen molar-refractivity contribution < 1.29 is 9.84 Å².